The number of carbonyl (C=O) groups is 1. The number of nitrogens with zero attached hydrogens (tertiary/aromatic N) is 3. The number of nitrogens with two attached hydrogens (primary N) is 1. The molecule has 10 heteroatoms. The van der Waals surface area contributed by atoms with Crippen molar-refractivity contribution < 1.29 is 18.7 Å². The molecule has 1 aromatic carbocycles. The van der Waals surface area contributed by atoms with E-state index in [1.807, 2.05) is 0 Å². The maximum absolute atomic E-state index is 13.9. The van der Waals surface area contributed by atoms with Crippen LogP contribution in [0, 0.1) is 11.6 Å². The van der Waals surface area contributed by atoms with Crippen molar-refractivity contribution in [2.24, 2.45) is 0 Å². The number of halogens is 3. The second-order valence-electron chi connectivity index (χ2n) is 3.58. The molecule has 0 aliphatic carbocycles. The summed E-state index contributed by atoms with van der Waals surface area (Å²) in [5.41, 5.74) is 5.33. The average molecular weight is 321 g/mol. The number of carboxylic acid groups (broad SMARTS) is 1. The highest BCUT2D eigenvalue weighted by Crippen LogP contribution is 2.30. The van der Waals surface area contributed by atoms with Crippen molar-refractivity contribution in [1.29, 1.82) is 0 Å². The summed E-state index contributed by atoms with van der Waals surface area (Å²) in [4.78, 5) is 10.5. The Morgan fingerprint density at radius 3 is 2.75 bits per heavy atom. The molecule has 0 aliphatic rings. The van der Waals surface area contributed by atoms with Crippen molar-refractivity contribution in [3.05, 3.63) is 28.8 Å². The fourth-order valence-corrected chi connectivity index (χ4v) is 2.40. The molecule has 3 N–H and O–H groups in total. The smallest absolute Gasteiger partial charge is 0.313 e. The molecule has 2 aromatic rings. The van der Waals surface area contributed by atoms with Gasteiger partial charge in [0.25, 0.3) is 0 Å². The third-order valence-electron chi connectivity index (χ3n) is 2.19. The van der Waals surface area contributed by atoms with Crippen LogP contribution in [0.1, 0.15) is 0 Å². The van der Waals surface area contributed by atoms with Gasteiger partial charge >= 0.3 is 5.97 Å². The van der Waals surface area contributed by atoms with Crippen LogP contribution in [0.25, 0.3) is 5.69 Å². The summed E-state index contributed by atoms with van der Waals surface area (Å²) in [5, 5.41) is 15.6. The normalized spacial score (nSPS) is 10.8. The summed E-state index contributed by atoms with van der Waals surface area (Å²) >= 11 is 6.58. The van der Waals surface area contributed by atoms with E-state index in [1.54, 1.807) is 0 Å². The second-order valence-corrected chi connectivity index (χ2v) is 4.93. The SMILES string of the molecule is Nc1nnc(SCC(=O)O)n1-c1c(F)cc(F)cc1Cl. The number of anilines is 1. The van der Waals surface area contributed by atoms with E-state index in [2.05, 4.69) is 10.2 Å². The zero-order chi connectivity index (χ0) is 14.9. The topological polar surface area (TPSA) is 94.0 Å². The lowest BCUT2D eigenvalue weighted by atomic mass is 10.3. The monoisotopic (exact) mass is 320 g/mol. The van der Waals surface area contributed by atoms with Crippen LogP contribution in [-0.2, 0) is 4.79 Å². The zero-order valence-corrected chi connectivity index (χ0v) is 11.3. The molecule has 0 unspecified atom stereocenters. The number of rotatable bonds is 4. The number of carboxylic acids is 1. The molecule has 20 heavy (non-hydrogen) atoms. The van der Waals surface area contributed by atoms with Crippen molar-refractivity contribution in [3.8, 4) is 5.69 Å². The molecule has 6 nitrogen and oxygen atoms in total. The first-order valence-corrected chi connectivity index (χ1v) is 6.47. The molecule has 0 spiro atoms. The lowest BCUT2D eigenvalue weighted by Gasteiger charge is -2.10. The quantitative estimate of drug-likeness (QED) is 0.836. The minimum absolute atomic E-state index is 0.0392. The fourth-order valence-electron chi connectivity index (χ4n) is 1.46. The van der Waals surface area contributed by atoms with Crippen molar-refractivity contribution in [2.75, 3.05) is 11.5 Å². The number of benzene rings is 1. The van der Waals surface area contributed by atoms with Gasteiger partial charge in [-0.15, -0.1) is 10.2 Å². The van der Waals surface area contributed by atoms with Gasteiger partial charge in [0.1, 0.15) is 11.5 Å². The van der Waals surface area contributed by atoms with E-state index >= 15 is 0 Å². The van der Waals surface area contributed by atoms with Gasteiger partial charge in [0, 0.05) is 6.07 Å². The van der Waals surface area contributed by atoms with Crippen LogP contribution in [0.3, 0.4) is 0 Å². The molecule has 0 saturated heterocycles. The predicted molar refractivity (Wildman–Crippen MR) is 69.1 cm³/mol. The molecule has 2 rings (SSSR count). The Morgan fingerprint density at radius 2 is 2.15 bits per heavy atom. The van der Waals surface area contributed by atoms with Gasteiger partial charge in [-0.2, -0.15) is 0 Å². The van der Waals surface area contributed by atoms with Crippen LogP contribution in [0.5, 0.6) is 0 Å². The first kappa shape index (κ1) is 14.5. The standard InChI is InChI=1S/C10H7ClF2N4O2S/c11-5-1-4(12)2-6(13)8(5)17-9(14)15-16-10(17)20-3-7(18)19/h1-2H,3H2,(H2,14,15)(H,18,19). The molecular weight excluding hydrogens is 314 g/mol. The maximum Gasteiger partial charge on any atom is 0.313 e. The number of aliphatic carboxylic acids is 1. The van der Waals surface area contributed by atoms with Crippen molar-refractivity contribution in [1.82, 2.24) is 14.8 Å². The fraction of sp³-hybridized carbons (Fsp3) is 0.100. The summed E-state index contributed by atoms with van der Waals surface area (Å²) in [5.74, 6) is -3.40. The third kappa shape index (κ3) is 2.83. The van der Waals surface area contributed by atoms with Crippen LogP contribution < -0.4 is 5.73 Å². The Hall–Kier alpha value is -1.87. The highest BCUT2D eigenvalue weighted by atomic mass is 35.5. The van der Waals surface area contributed by atoms with Crippen LogP contribution in [0.2, 0.25) is 5.02 Å². The first-order valence-electron chi connectivity index (χ1n) is 5.10. The Balaban J connectivity index is 2.52. The average Bonchev–Trinajstić information content (AvgIpc) is 2.67. The first-order chi connectivity index (χ1) is 9.40. The van der Waals surface area contributed by atoms with Gasteiger partial charge in [-0.3, -0.25) is 9.36 Å². The molecule has 0 radical (unpaired) electrons. The van der Waals surface area contributed by atoms with Gasteiger partial charge in [-0.1, -0.05) is 23.4 Å². The number of hydrogen-bond donors (Lipinski definition) is 2. The van der Waals surface area contributed by atoms with Gasteiger partial charge in [0.05, 0.1) is 10.8 Å². The lowest BCUT2D eigenvalue weighted by molar-refractivity contribution is -0.133. The molecule has 0 atom stereocenters. The molecule has 0 fully saturated rings. The number of aromatic nitrogens is 3. The summed E-state index contributed by atoms with van der Waals surface area (Å²) in [7, 11) is 0. The largest absolute Gasteiger partial charge is 0.481 e. The summed E-state index contributed by atoms with van der Waals surface area (Å²) in [6.07, 6.45) is 0. The van der Waals surface area contributed by atoms with Crippen LogP contribution in [-0.4, -0.2) is 31.6 Å². The second kappa shape index (κ2) is 5.63. The van der Waals surface area contributed by atoms with Gasteiger partial charge in [0.15, 0.2) is 11.0 Å². The van der Waals surface area contributed by atoms with Gasteiger partial charge in [-0.25, -0.2) is 8.78 Å². The lowest BCUT2D eigenvalue weighted by Crippen LogP contribution is -2.07. The summed E-state index contributed by atoms with van der Waals surface area (Å²) in [6, 6.07) is 1.54. The van der Waals surface area contributed by atoms with Crippen LogP contribution in [0.15, 0.2) is 17.3 Å². The van der Waals surface area contributed by atoms with Crippen molar-refractivity contribution >= 4 is 35.3 Å². The molecular formula is C10H7ClF2N4O2S. The summed E-state index contributed by atoms with van der Waals surface area (Å²) < 4.78 is 27.9. The molecule has 0 bridgehead atoms. The van der Waals surface area contributed by atoms with E-state index in [-0.39, 0.29) is 27.6 Å². The Bertz CT molecular complexity index is 656. The van der Waals surface area contributed by atoms with Crippen LogP contribution >= 0.6 is 23.4 Å². The predicted octanol–water partition coefficient (Wildman–Crippen LogP) is 1.96. The van der Waals surface area contributed by atoms with Crippen LogP contribution in [0.4, 0.5) is 14.7 Å². The molecule has 106 valence electrons. The third-order valence-corrected chi connectivity index (χ3v) is 3.39. The maximum atomic E-state index is 13.9. The molecule has 1 heterocycles. The zero-order valence-electron chi connectivity index (χ0n) is 9.68. The van der Waals surface area contributed by atoms with Gasteiger partial charge < -0.3 is 10.8 Å². The molecule has 0 amide bonds. The van der Waals surface area contributed by atoms with Crippen molar-refractivity contribution in [3.63, 3.8) is 0 Å². The van der Waals surface area contributed by atoms with E-state index in [0.29, 0.717) is 6.07 Å². The minimum atomic E-state index is -1.09. The number of hydrogen-bond acceptors (Lipinski definition) is 5. The van der Waals surface area contributed by atoms with E-state index in [9.17, 15) is 13.6 Å². The minimum Gasteiger partial charge on any atom is -0.481 e. The van der Waals surface area contributed by atoms with E-state index < -0.39 is 17.6 Å². The van der Waals surface area contributed by atoms with E-state index in [1.165, 1.54) is 0 Å². The Labute approximate surface area is 120 Å². The molecule has 0 saturated carbocycles. The number of nitrogen functional groups attached to an aromatic ring is 1. The van der Waals surface area contributed by atoms with Gasteiger partial charge in [0.2, 0.25) is 5.95 Å². The molecule has 0 aliphatic heterocycles. The molecule has 1 aromatic heterocycles. The van der Waals surface area contributed by atoms with E-state index in [0.717, 1.165) is 22.4 Å². The summed E-state index contributed by atoms with van der Waals surface area (Å²) in [6.45, 7) is 0. The van der Waals surface area contributed by atoms with Crippen molar-refractivity contribution in [2.45, 2.75) is 5.16 Å². The Kier molecular flexibility index (Phi) is 4.09. The Morgan fingerprint density at radius 1 is 1.45 bits per heavy atom. The highest BCUT2D eigenvalue weighted by Gasteiger charge is 2.20. The van der Waals surface area contributed by atoms with Gasteiger partial charge in [-0.05, 0) is 6.07 Å². The number of thioether (sulfide) groups is 1. The highest BCUT2D eigenvalue weighted by molar-refractivity contribution is 7.99. The van der Waals surface area contributed by atoms with E-state index in [4.69, 9.17) is 22.4 Å².